The summed E-state index contributed by atoms with van der Waals surface area (Å²) in [6.07, 6.45) is 0. The number of aromatic amines is 1. The number of hydrogen-bond acceptors (Lipinski definition) is 3. The van der Waals surface area contributed by atoms with Crippen molar-refractivity contribution in [2.24, 2.45) is 0 Å². The van der Waals surface area contributed by atoms with Gasteiger partial charge in [0.2, 0.25) is 10.0 Å². The van der Waals surface area contributed by atoms with E-state index in [0.29, 0.717) is 11.3 Å². The van der Waals surface area contributed by atoms with E-state index in [0.717, 1.165) is 5.56 Å². The Balaban J connectivity index is 2.33. The summed E-state index contributed by atoms with van der Waals surface area (Å²) in [4.78, 5) is 0. The van der Waals surface area contributed by atoms with Gasteiger partial charge >= 0.3 is 0 Å². The smallest absolute Gasteiger partial charge is 0.233 e. The fourth-order valence-electron chi connectivity index (χ4n) is 1.59. The molecular weight excluding hydrogens is 269 g/mol. The number of halogens is 1. The van der Waals surface area contributed by atoms with Gasteiger partial charge in [0.15, 0.2) is 5.82 Å². The van der Waals surface area contributed by atoms with Crippen molar-refractivity contribution in [3.63, 3.8) is 0 Å². The Morgan fingerprint density at radius 1 is 1.37 bits per heavy atom. The topological polar surface area (TPSA) is 74.8 Å². The Bertz CT molecular complexity index is 695. The normalized spacial score (nSPS) is 11.5. The van der Waals surface area contributed by atoms with Gasteiger partial charge in [0.1, 0.15) is 5.82 Å². The molecule has 0 unspecified atom stereocenters. The molecule has 5 nitrogen and oxygen atoms in total. The minimum absolute atomic E-state index is 0.0476. The van der Waals surface area contributed by atoms with E-state index >= 15 is 0 Å². The number of sulfonamides is 1. The number of rotatable bonds is 4. The minimum Gasteiger partial charge on any atom is -0.276 e. The molecule has 1 aromatic heterocycles. The highest BCUT2D eigenvalue weighted by Gasteiger charge is 2.12. The SMILES string of the molecule is CCS(=O)(=O)Nc1cc(-c2cc(C)ccc2F)[nH]n1. The van der Waals surface area contributed by atoms with Crippen LogP contribution >= 0.6 is 0 Å². The van der Waals surface area contributed by atoms with E-state index in [2.05, 4.69) is 14.9 Å². The first kappa shape index (κ1) is 13.5. The van der Waals surface area contributed by atoms with E-state index in [1.165, 1.54) is 19.1 Å². The van der Waals surface area contributed by atoms with Crippen LogP contribution in [0.5, 0.6) is 0 Å². The van der Waals surface area contributed by atoms with Crippen molar-refractivity contribution >= 4 is 15.8 Å². The van der Waals surface area contributed by atoms with Crippen LogP contribution in [-0.2, 0) is 10.0 Å². The summed E-state index contributed by atoms with van der Waals surface area (Å²) in [6, 6.07) is 6.16. The molecule has 0 aliphatic carbocycles. The van der Waals surface area contributed by atoms with Gasteiger partial charge in [-0.3, -0.25) is 9.82 Å². The molecule has 0 saturated heterocycles. The Kier molecular flexibility index (Phi) is 3.57. The molecule has 0 spiro atoms. The van der Waals surface area contributed by atoms with Crippen LogP contribution in [0.15, 0.2) is 24.3 Å². The second-order valence-electron chi connectivity index (χ2n) is 4.16. The first-order valence-corrected chi connectivity index (χ1v) is 7.39. The van der Waals surface area contributed by atoms with Crippen molar-refractivity contribution in [3.05, 3.63) is 35.6 Å². The van der Waals surface area contributed by atoms with Crippen LogP contribution in [0.1, 0.15) is 12.5 Å². The Hall–Kier alpha value is -1.89. The molecule has 0 atom stereocenters. The van der Waals surface area contributed by atoms with E-state index in [9.17, 15) is 12.8 Å². The van der Waals surface area contributed by atoms with Gasteiger partial charge in [0, 0.05) is 11.6 Å². The average molecular weight is 283 g/mol. The quantitative estimate of drug-likeness (QED) is 0.904. The third kappa shape index (κ3) is 3.11. The maximum absolute atomic E-state index is 13.7. The van der Waals surface area contributed by atoms with Crippen molar-refractivity contribution in [2.75, 3.05) is 10.5 Å². The van der Waals surface area contributed by atoms with Crippen LogP contribution in [0.4, 0.5) is 10.2 Å². The minimum atomic E-state index is -3.39. The largest absolute Gasteiger partial charge is 0.276 e. The highest BCUT2D eigenvalue weighted by Crippen LogP contribution is 2.24. The summed E-state index contributed by atoms with van der Waals surface area (Å²) in [5, 5.41) is 6.43. The number of nitrogens with one attached hydrogen (secondary N) is 2. The van der Waals surface area contributed by atoms with Crippen molar-refractivity contribution in [1.29, 1.82) is 0 Å². The van der Waals surface area contributed by atoms with E-state index in [-0.39, 0.29) is 17.4 Å². The van der Waals surface area contributed by atoms with Crippen molar-refractivity contribution in [3.8, 4) is 11.3 Å². The van der Waals surface area contributed by atoms with E-state index < -0.39 is 10.0 Å². The third-order valence-corrected chi connectivity index (χ3v) is 3.91. The summed E-state index contributed by atoms with van der Waals surface area (Å²) in [6.45, 7) is 3.37. The highest BCUT2D eigenvalue weighted by atomic mass is 32.2. The molecule has 7 heteroatoms. The predicted octanol–water partition coefficient (Wildman–Crippen LogP) is 2.29. The molecule has 0 aliphatic rings. The molecule has 1 aromatic carbocycles. The number of H-pyrrole nitrogens is 1. The standard InChI is InChI=1S/C12H14FN3O2S/c1-3-19(17,18)16-12-7-11(14-15-12)9-6-8(2)4-5-10(9)13/h4-7H,3H2,1-2H3,(H2,14,15,16). The Morgan fingerprint density at radius 2 is 2.11 bits per heavy atom. The summed E-state index contributed by atoms with van der Waals surface area (Å²) >= 11 is 0. The van der Waals surface area contributed by atoms with Crippen molar-refractivity contribution < 1.29 is 12.8 Å². The van der Waals surface area contributed by atoms with Crippen LogP contribution in [0.2, 0.25) is 0 Å². The molecule has 102 valence electrons. The lowest BCUT2D eigenvalue weighted by Crippen LogP contribution is -2.14. The summed E-state index contributed by atoms with van der Waals surface area (Å²) in [7, 11) is -3.39. The van der Waals surface area contributed by atoms with Crippen LogP contribution in [0, 0.1) is 12.7 Å². The van der Waals surface area contributed by atoms with Crippen molar-refractivity contribution in [1.82, 2.24) is 10.2 Å². The number of benzene rings is 1. The van der Waals surface area contributed by atoms with Gasteiger partial charge in [-0.1, -0.05) is 11.6 Å². The van der Waals surface area contributed by atoms with Crippen LogP contribution in [0.3, 0.4) is 0 Å². The molecule has 2 N–H and O–H groups in total. The van der Waals surface area contributed by atoms with E-state index in [1.807, 2.05) is 6.92 Å². The fourth-order valence-corrected chi connectivity index (χ4v) is 2.16. The molecule has 0 bridgehead atoms. The maximum Gasteiger partial charge on any atom is 0.233 e. The second-order valence-corrected chi connectivity index (χ2v) is 6.17. The number of nitrogens with zero attached hydrogens (tertiary/aromatic N) is 1. The zero-order valence-corrected chi connectivity index (χ0v) is 11.4. The lowest BCUT2D eigenvalue weighted by atomic mass is 10.1. The molecule has 0 radical (unpaired) electrons. The molecule has 2 rings (SSSR count). The average Bonchev–Trinajstić information content (AvgIpc) is 2.80. The monoisotopic (exact) mass is 283 g/mol. The molecule has 0 saturated carbocycles. The van der Waals surface area contributed by atoms with E-state index in [1.54, 1.807) is 12.1 Å². The lowest BCUT2D eigenvalue weighted by molar-refractivity contribution is 0.602. The molecule has 1 heterocycles. The van der Waals surface area contributed by atoms with E-state index in [4.69, 9.17) is 0 Å². The van der Waals surface area contributed by atoms with Gasteiger partial charge in [0.05, 0.1) is 11.4 Å². The molecule has 0 fully saturated rings. The second kappa shape index (κ2) is 5.00. The lowest BCUT2D eigenvalue weighted by Gasteiger charge is -2.01. The van der Waals surface area contributed by atoms with Gasteiger partial charge in [0.25, 0.3) is 0 Å². The van der Waals surface area contributed by atoms with Crippen LogP contribution in [-0.4, -0.2) is 24.4 Å². The van der Waals surface area contributed by atoms with Gasteiger partial charge in [-0.05, 0) is 26.0 Å². The highest BCUT2D eigenvalue weighted by molar-refractivity contribution is 7.92. The summed E-state index contributed by atoms with van der Waals surface area (Å²) in [5.74, 6) is -0.287. The van der Waals surface area contributed by atoms with Crippen LogP contribution in [0.25, 0.3) is 11.3 Å². The summed E-state index contributed by atoms with van der Waals surface area (Å²) < 4.78 is 38.8. The summed E-state index contributed by atoms with van der Waals surface area (Å²) in [5.41, 5.74) is 1.69. The van der Waals surface area contributed by atoms with Gasteiger partial charge in [-0.15, -0.1) is 0 Å². The number of aryl methyl sites for hydroxylation is 1. The molecule has 19 heavy (non-hydrogen) atoms. The number of anilines is 1. The fraction of sp³-hybridized carbons (Fsp3) is 0.250. The molecule has 2 aromatic rings. The Morgan fingerprint density at radius 3 is 2.79 bits per heavy atom. The first-order valence-electron chi connectivity index (χ1n) is 5.73. The zero-order valence-electron chi connectivity index (χ0n) is 10.6. The van der Waals surface area contributed by atoms with Crippen LogP contribution < -0.4 is 4.72 Å². The Labute approximate surface area is 110 Å². The van der Waals surface area contributed by atoms with Gasteiger partial charge in [-0.25, -0.2) is 12.8 Å². The zero-order chi connectivity index (χ0) is 14.0. The predicted molar refractivity (Wildman–Crippen MR) is 71.8 cm³/mol. The molecule has 0 amide bonds. The van der Waals surface area contributed by atoms with Crippen molar-refractivity contribution in [2.45, 2.75) is 13.8 Å². The van der Waals surface area contributed by atoms with Gasteiger partial charge in [-0.2, -0.15) is 5.10 Å². The molecule has 0 aliphatic heterocycles. The first-order chi connectivity index (χ1) is 8.91. The number of hydrogen-bond donors (Lipinski definition) is 2. The number of aromatic nitrogens is 2. The van der Waals surface area contributed by atoms with Gasteiger partial charge < -0.3 is 0 Å². The third-order valence-electron chi connectivity index (χ3n) is 2.63. The molecular formula is C12H14FN3O2S. The maximum atomic E-state index is 13.7.